The lowest BCUT2D eigenvalue weighted by atomic mass is 10.4. The van der Waals surface area contributed by atoms with Crippen LogP contribution in [0, 0.1) is 0 Å². The van der Waals surface area contributed by atoms with Gasteiger partial charge in [0.1, 0.15) is 12.0 Å². The lowest BCUT2D eigenvalue weighted by molar-refractivity contribution is -0.132. The third kappa shape index (κ3) is 3.04. The molecule has 0 saturated carbocycles. The molecule has 2 heterocycles. The molecule has 0 spiro atoms. The van der Waals surface area contributed by atoms with Gasteiger partial charge in [0, 0.05) is 19.2 Å². The third-order valence-electron chi connectivity index (χ3n) is 2.79. The zero-order valence-corrected chi connectivity index (χ0v) is 10.6. The maximum Gasteiger partial charge on any atom is 0.260 e. The monoisotopic (exact) mass is 271 g/mol. The van der Waals surface area contributed by atoms with Crippen LogP contribution in [0.4, 0.5) is 0 Å². The van der Waals surface area contributed by atoms with Crippen LogP contribution in [0.25, 0.3) is 0 Å². The van der Waals surface area contributed by atoms with Gasteiger partial charge in [-0.2, -0.15) is 0 Å². The molecule has 0 aliphatic carbocycles. The van der Waals surface area contributed by atoms with Crippen molar-refractivity contribution in [2.45, 2.75) is 18.7 Å². The van der Waals surface area contributed by atoms with Gasteiger partial charge < -0.3 is 14.1 Å². The van der Waals surface area contributed by atoms with E-state index in [0.29, 0.717) is 5.76 Å². The molecule has 2 rings (SSSR count). The molecular formula is C12H14ClNO4. The van der Waals surface area contributed by atoms with Gasteiger partial charge in [-0.15, -0.1) is 11.6 Å². The number of carbonyl (C=O) groups excluding carboxylic acids is 1. The molecule has 1 saturated heterocycles. The highest BCUT2D eigenvalue weighted by Crippen LogP contribution is 2.10. The fraction of sp³-hybridized carbons (Fsp3) is 0.500. The summed E-state index contributed by atoms with van der Waals surface area (Å²) >= 11 is 5.53. The lowest BCUT2D eigenvalue weighted by Gasteiger charge is -2.15. The second kappa shape index (κ2) is 5.91. The Hall–Kier alpha value is -1.49. The summed E-state index contributed by atoms with van der Waals surface area (Å²) < 4.78 is 10.2. The van der Waals surface area contributed by atoms with Crippen LogP contribution in [0.1, 0.15) is 18.6 Å². The lowest BCUT2D eigenvalue weighted by Crippen LogP contribution is -2.32. The molecule has 1 fully saturated rings. The van der Waals surface area contributed by atoms with Crippen LogP contribution >= 0.6 is 11.6 Å². The maximum absolute atomic E-state index is 11.7. The zero-order valence-electron chi connectivity index (χ0n) is 9.86. The first-order chi connectivity index (χ1) is 8.70. The van der Waals surface area contributed by atoms with Crippen LogP contribution in [-0.2, 0) is 10.7 Å². The van der Waals surface area contributed by atoms with Crippen LogP contribution in [-0.4, -0.2) is 30.5 Å². The molecule has 18 heavy (non-hydrogen) atoms. The Morgan fingerprint density at radius 3 is 2.78 bits per heavy atom. The molecule has 0 atom stereocenters. The van der Waals surface area contributed by atoms with Gasteiger partial charge in [-0.3, -0.25) is 9.59 Å². The molecule has 0 aromatic carbocycles. The Kier molecular flexibility index (Phi) is 4.25. The van der Waals surface area contributed by atoms with E-state index in [1.807, 2.05) is 0 Å². The largest absolute Gasteiger partial charge is 0.477 e. The number of amides is 1. The predicted octanol–water partition coefficient (Wildman–Crippen LogP) is 1.38. The Labute approximate surface area is 109 Å². The summed E-state index contributed by atoms with van der Waals surface area (Å²) in [6.07, 6.45) is 3.24. The molecule has 1 aliphatic rings. The highest BCUT2D eigenvalue weighted by atomic mass is 35.5. The van der Waals surface area contributed by atoms with E-state index in [9.17, 15) is 9.59 Å². The van der Waals surface area contributed by atoms with Gasteiger partial charge in [0.05, 0.1) is 5.88 Å². The predicted molar refractivity (Wildman–Crippen MR) is 65.8 cm³/mol. The number of alkyl halides is 1. The smallest absolute Gasteiger partial charge is 0.260 e. The molecule has 0 N–H and O–H groups in total. The molecule has 0 radical (unpaired) electrons. The highest BCUT2D eigenvalue weighted by molar-refractivity contribution is 6.16. The van der Waals surface area contributed by atoms with E-state index in [4.69, 9.17) is 20.8 Å². The van der Waals surface area contributed by atoms with E-state index >= 15 is 0 Å². The van der Waals surface area contributed by atoms with Gasteiger partial charge in [-0.25, -0.2) is 0 Å². The van der Waals surface area contributed by atoms with Gasteiger partial charge in [-0.1, -0.05) is 0 Å². The van der Waals surface area contributed by atoms with Crippen molar-refractivity contribution in [1.82, 2.24) is 4.90 Å². The van der Waals surface area contributed by atoms with Crippen molar-refractivity contribution in [3.63, 3.8) is 0 Å². The maximum atomic E-state index is 11.7. The summed E-state index contributed by atoms with van der Waals surface area (Å²) in [6.45, 7) is 1.40. The average molecular weight is 272 g/mol. The van der Waals surface area contributed by atoms with E-state index in [-0.39, 0.29) is 29.6 Å². The summed E-state index contributed by atoms with van der Waals surface area (Å²) in [5.41, 5.74) is -0.328. The highest BCUT2D eigenvalue weighted by Gasteiger charge is 2.18. The molecule has 0 unspecified atom stereocenters. The first-order valence-electron chi connectivity index (χ1n) is 5.79. The minimum Gasteiger partial charge on any atom is -0.477 e. The number of halogens is 1. The fourth-order valence-electron chi connectivity index (χ4n) is 1.81. The second-order valence-electron chi connectivity index (χ2n) is 4.09. The van der Waals surface area contributed by atoms with Crippen molar-refractivity contribution in [1.29, 1.82) is 0 Å². The number of rotatable bonds is 4. The Balaban J connectivity index is 1.93. The molecule has 0 bridgehead atoms. The number of ether oxygens (including phenoxy) is 1. The average Bonchev–Trinajstić information content (AvgIpc) is 2.90. The summed E-state index contributed by atoms with van der Waals surface area (Å²) in [5, 5.41) is 0. The normalized spacial score (nSPS) is 14.8. The first-order valence-corrected chi connectivity index (χ1v) is 6.32. The molecule has 1 aromatic rings. The summed E-state index contributed by atoms with van der Waals surface area (Å²) in [4.78, 5) is 25.0. The van der Waals surface area contributed by atoms with Gasteiger partial charge >= 0.3 is 0 Å². The van der Waals surface area contributed by atoms with Crippen molar-refractivity contribution >= 4 is 17.5 Å². The quantitative estimate of drug-likeness (QED) is 0.776. The van der Waals surface area contributed by atoms with Crippen molar-refractivity contribution in [3.8, 4) is 5.75 Å². The Bertz CT molecular complexity index is 479. The Morgan fingerprint density at radius 1 is 1.44 bits per heavy atom. The van der Waals surface area contributed by atoms with E-state index in [1.54, 1.807) is 4.90 Å². The van der Waals surface area contributed by atoms with Gasteiger partial charge in [-0.05, 0) is 12.8 Å². The third-order valence-corrected chi connectivity index (χ3v) is 3.06. The van der Waals surface area contributed by atoms with E-state index in [1.165, 1.54) is 12.3 Å². The van der Waals surface area contributed by atoms with Crippen LogP contribution in [0.5, 0.6) is 5.75 Å². The molecule has 5 nitrogen and oxygen atoms in total. The number of carbonyl (C=O) groups is 1. The van der Waals surface area contributed by atoms with Gasteiger partial charge in [0.25, 0.3) is 5.91 Å². The fourth-order valence-corrected chi connectivity index (χ4v) is 1.95. The number of likely N-dealkylation sites (tertiary alicyclic amines) is 1. The molecular weight excluding hydrogens is 258 g/mol. The topological polar surface area (TPSA) is 59.8 Å². The first kappa shape index (κ1) is 13.0. The van der Waals surface area contributed by atoms with Gasteiger partial charge in [0.15, 0.2) is 6.61 Å². The van der Waals surface area contributed by atoms with Crippen molar-refractivity contribution in [2.75, 3.05) is 19.7 Å². The van der Waals surface area contributed by atoms with Gasteiger partial charge in [0.2, 0.25) is 11.2 Å². The Morgan fingerprint density at radius 2 is 2.17 bits per heavy atom. The van der Waals surface area contributed by atoms with Crippen LogP contribution in [0.2, 0.25) is 0 Å². The van der Waals surface area contributed by atoms with Crippen LogP contribution in [0.15, 0.2) is 21.5 Å². The van der Waals surface area contributed by atoms with Crippen molar-refractivity contribution in [2.24, 2.45) is 0 Å². The SMILES string of the molecule is O=C(COc1coc(CCl)cc1=O)N1CCCC1. The van der Waals surface area contributed by atoms with Crippen molar-refractivity contribution < 1.29 is 13.9 Å². The second-order valence-corrected chi connectivity index (χ2v) is 4.35. The summed E-state index contributed by atoms with van der Waals surface area (Å²) in [6, 6.07) is 1.27. The zero-order chi connectivity index (χ0) is 13.0. The van der Waals surface area contributed by atoms with E-state index in [2.05, 4.69) is 0 Å². The van der Waals surface area contributed by atoms with Crippen molar-refractivity contribution in [3.05, 3.63) is 28.3 Å². The summed E-state index contributed by atoms with van der Waals surface area (Å²) in [7, 11) is 0. The van der Waals surface area contributed by atoms with E-state index < -0.39 is 0 Å². The standard InChI is InChI=1S/C12H14ClNO4/c13-6-9-5-10(15)11(7-17-9)18-8-12(16)14-3-1-2-4-14/h5,7H,1-4,6,8H2. The van der Waals surface area contributed by atoms with E-state index in [0.717, 1.165) is 25.9 Å². The number of hydrogen-bond acceptors (Lipinski definition) is 4. The number of hydrogen-bond donors (Lipinski definition) is 0. The molecule has 98 valence electrons. The minimum absolute atomic E-state index is 0.0383. The molecule has 6 heteroatoms. The van der Waals surface area contributed by atoms with Crippen LogP contribution in [0.3, 0.4) is 0 Å². The molecule has 1 aromatic heterocycles. The number of nitrogens with zero attached hydrogens (tertiary/aromatic N) is 1. The summed E-state index contributed by atoms with van der Waals surface area (Å²) in [5.74, 6) is 0.437. The van der Waals surface area contributed by atoms with Crippen LogP contribution < -0.4 is 10.2 Å². The minimum atomic E-state index is -0.328. The molecule has 1 amide bonds. The molecule has 1 aliphatic heterocycles.